The predicted molar refractivity (Wildman–Crippen MR) is 128 cm³/mol. The van der Waals surface area contributed by atoms with Gasteiger partial charge in [0.2, 0.25) is 10.0 Å². The van der Waals surface area contributed by atoms with Gasteiger partial charge >= 0.3 is 0 Å². The van der Waals surface area contributed by atoms with Crippen molar-refractivity contribution in [3.63, 3.8) is 0 Å². The highest BCUT2D eigenvalue weighted by molar-refractivity contribution is 7.89. The normalized spacial score (nSPS) is 23.2. The molecule has 0 aromatic carbocycles. The van der Waals surface area contributed by atoms with E-state index in [1.807, 2.05) is 0 Å². The molecule has 9 heteroatoms. The summed E-state index contributed by atoms with van der Waals surface area (Å²) in [5, 5.41) is 0. The van der Waals surface area contributed by atoms with E-state index in [4.69, 9.17) is 4.74 Å². The van der Waals surface area contributed by atoms with Gasteiger partial charge in [-0.15, -0.1) is 0 Å². The highest BCUT2D eigenvalue weighted by Gasteiger charge is 2.40. The number of carbonyl (C=O) groups is 1. The second-order valence-corrected chi connectivity index (χ2v) is 12.9. The van der Waals surface area contributed by atoms with Gasteiger partial charge in [0.15, 0.2) is 0 Å². The first-order valence-corrected chi connectivity index (χ1v) is 13.6. The molecule has 3 fully saturated rings. The Labute approximate surface area is 198 Å². The number of hydrogen-bond acceptors (Lipinski definition) is 6. The fourth-order valence-electron chi connectivity index (χ4n) is 5.04. The van der Waals surface area contributed by atoms with E-state index in [0.29, 0.717) is 37.5 Å². The molecule has 3 aliphatic heterocycles. The highest BCUT2D eigenvalue weighted by atomic mass is 32.2. The second-order valence-electron chi connectivity index (χ2n) is 11.0. The van der Waals surface area contributed by atoms with E-state index < -0.39 is 10.0 Å². The summed E-state index contributed by atoms with van der Waals surface area (Å²) in [5.74, 6) is 0.313. The first-order chi connectivity index (χ1) is 15.6. The Hall–Kier alpha value is -1.55. The molecule has 0 unspecified atom stereocenters. The minimum atomic E-state index is -3.58. The maximum Gasteiger partial charge on any atom is 0.254 e. The van der Waals surface area contributed by atoms with Crippen molar-refractivity contribution in [2.24, 2.45) is 10.8 Å². The molecule has 4 heterocycles. The van der Waals surface area contributed by atoms with E-state index in [1.54, 1.807) is 21.3 Å². The van der Waals surface area contributed by atoms with Gasteiger partial charge in [0.25, 0.3) is 5.91 Å². The van der Waals surface area contributed by atoms with Crippen LogP contribution in [0.15, 0.2) is 23.2 Å². The molecule has 8 nitrogen and oxygen atoms in total. The maximum atomic E-state index is 13.2. The molecule has 0 aliphatic carbocycles. The fraction of sp³-hybridized carbons (Fsp3) is 0.750. The lowest BCUT2D eigenvalue weighted by Gasteiger charge is -2.46. The lowest BCUT2D eigenvalue weighted by molar-refractivity contribution is -0.125. The number of rotatable bonds is 5. The summed E-state index contributed by atoms with van der Waals surface area (Å²) in [6.07, 6.45) is 6.76. The molecule has 3 aliphatic rings. The van der Waals surface area contributed by atoms with Crippen molar-refractivity contribution in [2.45, 2.75) is 57.8 Å². The number of carbonyl (C=O) groups excluding carboxylic acids is 1. The molecule has 0 bridgehead atoms. The number of hydrogen-bond donors (Lipinski definition) is 0. The third kappa shape index (κ3) is 5.75. The van der Waals surface area contributed by atoms with Gasteiger partial charge < -0.3 is 9.64 Å². The Morgan fingerprint density at radius 2 is 1.70 bits per heavy atom. The number of morpholine rings is 1. The van der Waals surface area contributed by atoms with Crippen LogP contribution in [0.4, 0.5) is 5.82 Å². The zero-order valence-corrected chi connectivity index (χ0v) is 21.1. The topological polar surface area (TPSA) is 83.0 Å². The van der Waals surface area contributed by atoms with E-state index in [0.717, 1.165) is 45.3 Å². The summed E-state index contributed by atoms with van der Waals surface area (Å²) in [7, 11) is -3.58. The molecular weight excluding hydrogens is 440 g/mol. The van der Waals surface area contributed by atoms with Crippen molar-refractivity contribution in [2.75, 3.05) is 57.4 Å². The van der Waals surface area contributed by atoms with Crippen molar-refractivity contribution in [3.05, 3.63) is 18.3 Å². The molecule has 0 atom stereocenters. The highest BCUT2D eigenvalue weighted by Crippen LogP contribution is 2.42. The Kier molecular flexibility index (Phi) is 7.15. The SMILES string of the molecule is CC(C)(C)CCN1CCC2(CC1)CCN(S(=O)(=O)c1ccc(N3CCOCC3=O)nc1)CC2. The summed E-state index contributed by atoms with van der Waals surface area (Å²) in [6, 6.07) is 3.19. The minimum absolute atomic E-state index is 0.0333. The maximum absolute atomic E-state index is 13.2. The number of aromatic nitrogens is 1. The summed E-state index contributed by atoms with van der Waals surface area (Å²) in [4.78, 5) is 20.6. The number of amides is 1. The van der Waals surface area contributed by atoms with Crippen molar-refractivity contribution >= 4 is 21.7 Å². The van der Waals surface area contributed by atoms with Crippen molar-refractivity contribution in [1.82, 2.24) is 14.2 Å². The molecule has 4 rings (SSSR count). The monoisotopic (exact) mass is 478 g/mol. The standard InChI is InChI=1S/C24H38N4O4S/c1-23(2,3)6-11-26-12-7-24(8-13-26)9-14-27(15-10-24)33(30,31)20-4-5-21(25-18-20)28-16-17-32-19-22(28)29/h4-5,18H,6-17,19H2,1-3H3. The Balaban J connectivity index is 1.32. The lowest BCUT2D eigenvalue weighted by Crippen LogP contribution is -2.48. The van der Waals surface area contributed by atoms with Gasteiger partial charge in [-0.3, -0.25) is 9.69 Å². The van der Waals surface area contributed by atoms with Crippen LogP contribution in [0.25, 0.3) is 0 Å². The van der Waals surface area contributed by atoms with Gasteiger partial charge in [-0.1, -0.05) is 20.8 Å². The number of sulfonamides is 1. The number of piperidine rings is 2. The van der Waals surface area contributed by atoms with Gasteiger partial charge in [0.05, 0.1) is 13.2 Å². The molecule has 3 saturated heterocycles. The molecule has 0 N–H and O–H groups in total. The fourth-order valence-corrected chi connectivity index (χ4v) is 6.43. The zero-order chi connectivity index (χ0) is 23.7. The third-order valence-electron chi connectivity index (χ3n) is 7.50. The van der Waals surface area contributed by atoms with E-state index in [2.05, 4.69) is 30.7 Å². The molecular formula is C24H38N4O4S. The average Bonchev–Trinajstić information content (AvgIpc) is 2.79. The van der Waals surface area contributed by atoms with Crippen LogP contribution in [-0.4, -0.2) is 81.0 Å². The summed E-state index contributed by atoms with van der Waals surface area (Å²) < 4.78 is 33.2. The third-order valence-corrected chi connectivity index (χ3v) is 9.38. The van der Waals surface area contributed by atoms with Crippen LogP contribution in [0.2, 0.25) is 0 Å². The average molecular weight is 479 g/mol. The van der Waals surface area contributed by atoms with E-state index in [1.165, 1.54) is 12.6 Å². The summed E-state index contributed by atoms with van der Waals surface area (Å²) in [5.41, 5.74) is 0.642. The number of ether oxygens (including phenoxy) is 1. The quantitative estimate of drug-likeness (QED) is 0.647. The van der Waals surface area contributed by atoms with Gasteiger partial charge in [-0.25, -0.2) is 13.4 Å². The first kappa shape index (κ1) is 24.6. The van der Waals surface area contributed by atoms with Crippen molar-refractivity contribution in [3.8, 4) is 0 Å². The van der Waals surface area contributed by atoms with Crippen LogP contribution in [0.1, 0.15) is 52.9 Å². The smallest absolute Gasteiger partial charge is 0.254 e. The van der Waals surface area contributed by atoms with E-state index in [9.17, 15) is 13.2 Å². The number of anilines is 1. The number of nitrogens with zero attached hydrogens (tertiary/aromatic N) is 4. The molecule has 1 spiro atoms. The van der Waals surface area contributed by atoms with Gasteiger partial charge in [-0.05, 0) is 74.7 Å². The molecule has 0 radical (unpaired) electrons. The Morgan fingerprint density at radius 3 is 2.27 bits per heavy atom. The molecule has 1 aromatic heterocycles. The van der Waals surface area contributed by atoms with Crippen LogP contribution >= 0.6 is 0 Å². The Morgan fingerprint density at radius 1 is 1.03 bits per heavy atom. The van der Waals surface area contributed by atoms with Crippen LogP contribution in [0.5, 0.6) is 0 Å². The molecule has 1 amide bonds. The van der Waals surface area contributed by atoms with Crippen molar-refractivity contribution in [1.29, 1.82) is 0 Å². The molecule has 1 aromatic rings. The minimum Gasteiger partial charge on any atom is -0.370 e. The predicted octanol–water partition coefficient (Wildman–Crippen LogP) is 2.75. The number of pyridine rings is 1. The van der Waals surface area contributed by atoms with E-state index in [-0.39, 0.29) is 22.8 Å². The van der Waals surface area contributed by atoms with Crippen LogP contribution in [0.3, 0.4) is 0 Å². The van der Waals surface area contributed by atoms with Gasteiger partial charge in [0, 0.05) is 19.3 Å². The zero-order valence-electron chi connectivity index (χ0n) is 20.3. The van der Waals surface area contributed by atoms with Gasteiger partial charge in [-0.2, -0.15) is 4.31 Å². The molecule has 184 valence electrons. The van der Waals surface area contributed by atoms with Gasteiger partial charge in [0.1, 0.15) is 17.3 Å². The molecule has 33 heavy (non-hydrogen) atoms. The second kappa shape index (κ2) is 9.60. The van der Waals surface area contributed by atoms with Crippen LogP contribution in [0, 0.1) is 10.8 Å². The van der Waals surface area contributed by atoms with Crippen LogP contribution < -0.4 is 4.90 Å². The molecule has 0 saturated carbocycles. The summed E-state index contributed by atoms with van der Waals surface area (Å²) in [6.45, 7) is 12.3. The Bertz CT molecular complexity index is 924. The summed E-state index contributed by atoms with van der Waals surface area (Å²) >= 11 is 0. The largest absolute Gasteiger partial charge is 0.370 e. The first-order valence-electron chi connectivity index (χ1n) is 12.1. The van der Waals surface area contributed by atoms with E-state index >= 15 is 0 Å². The number of likely N-dealkylation sites (tertiary alicyclic amines) is 1. The lowest BCUT2D eigenvalue weighted by atomic mass is 9.71. The van der Waals surface area contributed by atoms with Crippen molar-refractivity contribution < 1.29 is 17.9 Å². The van der Waals surface area contributed by atoms with Crippen LogP contribution in [-0.2, 0) is 19.6 Å².